The molecule has 6 nitrogen and oxygen atoms in total. The van der Waals surface area contributed by atoms with Crippen molar-refractivity contribution in [3.63, 3.8) is 0 Å². The van der Waals surface area contributed by atoms with Crippen molar-refractivity contribution < 1.29 is 18.9 Å². The number of hydrogen-bond donors (Lipinski definition) is 1. The van der Waals surface area contributed by atoms with E-state index >= 15 is 0 Å². The lowest BCUT2D eigenvalue weighted by Gasteiger charge is -2.04. The van der Waals surface area contributed by atoms with Crippen molar-refractivity contribution >= 4 is 27.7 Å². The van der Waals surface area contributed by atoms with Crippen LogP contribution in [-0.2, 0) is 0 Å². The van der Waals surface area contributed by atoms with Crippen molar-refractivity contribution in [2.24, 2.45) is 4.99 Å². The molecular formula is C24H20N3O3+. The van der Waals surface area contributed by atoms with Gasteiger partial charge in [0.15, 0.2) is 11.0 Å². The Hall–Kier alpha value is -4.06. The van der Waals surface area contributed by atoms with Gasteiger partial charge in [0.2, 0.25) is 5.55 Å². The van der Waals surface area contributed by atoms with Gasteiger partial charge in [-0.3, -0.25) is 0 Å². The molecule has 148 valence electrons. The molecule has 0 aliphatic carbocycles. The van der Waals surface area contributed by atoms with E-state index in [1.165, 1.54) is 0 Å². The average molecular weight is 398 g/mol. The van der Waals surface area contributed by atoms with Gasteiger partial charge in [0.25, 0.3) is 5.82 Å². The van der Waals surface area contributed by atoms with E-state index < -0.39 is 0 Å². The number of methoxy groups -OCH3 is 2. The standard InChI is InChI=1S/C24H19N3O3/c1-28-17-9-7-16(8-10-17)25-24-19(23-26-20-5-3-4-6-21(20)27-23)14-15-13-18(29-2)11-12-22(15)30-24/h3-14H,1-2H3,(H,26,27)/p+1. The van der Waals surface area contributed by atoms with Crippen molar-refractivity contribution in [2.75, 3.05) is 14.2 Å². The van der Waals surface area contributed by atoms with Crippen LogP contribution in [0, 0.1) is 0 Å². The van der Waals surface area contributed by atoms with Crippen molar-refractivity contribution in [3.8, 4) is 22.9 Å². The number of hydrogen-bond acceptors (Lipinski definition) is 4. The van der Waals surface area contributed by atoms with Gasteiger partial charge >= 0.3 is 0 Å². The number of nitrogens with one attached hydrogen (secondary N) is 2. The summed E-state index contributed by atoms with van der Waals surface area (Å²) in [6, 6.07) is 23.3. The Bertz CT molecular complexity index is 1380. The third-order valence-corrected chi connectivity index (χ3v) is 4.97. The molecule has 6 heteroatoms. The van der Waals surface area contributed by atoms with Crippen molar-refractivity contribution in [2.45, 2.75) is 0 Å². The molecule has 0 fully saturated rings. The molecule has 3 aromatic carbocycles. The molecule has 0 aliphatic heterocycles. The fourth-order valence-corrected chi connectivity index (χ4v) is 3.41. The molecule has 0 amide bonds. The lowest BCUT2D eigenvalue weighted by molar-refractivity contribution is -0.330. The first-order chi connectivity index (χ1) is 14.7. The Labute approximate surface area is 172 Å². The van der Waals surface area contributed by atoms with E-state index in [-0.39, 0.29) is 0 Å². The normalized spacial score (nSPS) is 11.9. The number of aromatic nitrogens is 2. The SMILES string of the molecule is COc1ccc(N=c2oc3ccc(OC)cc3cc2-c2[nH]c3ccccc3[nH+]2)cc1. The first-order valence-corrected chi connectivity index (χ1v) is 9.54. The Kier molecular flexibility index (Phi) is 4.44. The van der Waals surface area contributed by atoms with E-state index in [4.69, 9.17) is 18.9 Å². The molecule has 0 saturated carbocycles. The highest BCUT2D eigenvalue weighted by Crippen LogP contribution is 2.24. The summed E-state index contributed by atoms with van der Waals surface area (Å²) in [4.78, 5) is 11.6. The van der Waals surface area contributed by atoms with Crippen LogP contribution in [0.1, 0.15) is 0 Å². The lowest BCUT2D eigenvalue weighted by atomic mass is 10.1. The maximum atomic E-state index is 6.21. The zero-order chi connectivity index (χ0) is 20.5. The van der Waals surface area contributed by atoms with Gasteiger partial charge in [-0.1, -0.05) is 12.1 Å². The fourth-order valence-electron chi connectivity index (χ4n) is 3.41. The maximum absolute atomic E-state index is 6.21. The van der Waals surface area contributed by atoms with Crippen LogP contribution in [0.25, 0.3) is 33.4 Å². The summed E-state index contributed by atoms with van der Waals surface area (Å²) >= 11 is 0. The molecule has 30 heavy (non-hydrogen) atoms. The number of H-pyrrole nitrogens is 2. The van der Waals surface area contributed by atoms with Crippen molar-refractivity contribution in [3.05, 3.63) is 78.4 Å². The first kappa shape index (κ1) is 18.0. The molecular weight excluding hydrogens is 378 g/mol. The van der Waals surface area contributed by atoms with Gasteiger partial charge in [0.1, 0.15) is 22.6 Å². The van der Waals surface area contributed by atoms with E-state index in [1.807, 2.05) is 72.8 Å². The molecule has 2 N–H and O–H groups in total. The predicted molar refractivity (Wildman–Crippen MR) is 115 cm³/mol. The van der Waals surface area contributed by atoms with Gasteiger partial charge in [0.05, 0.1) is 19.9 Å². The zero-order valence-corrected chi connectivity index (χ0v) is 16.6. The summed E-state index contributed by atoms with van der Waals surface area (Å²) in [6.45, 7) is 0. The summed E-state index contributed by atoms with van der Waals surface area (Å²) in [5, 5.41) is 0.921. The van der Waals surface area contributed by atoms with E-state index in [1.54, 1.807) is 14.2 Å². The number of fused-ring (bicyclic) bond motifs is 2. The zero-order valence-electron chi connectivity index (χ0n) is 16.6. The highest BCUT2D eigenvalue weighted by molar-refractivity contribution is 5.82. The number of imidazole rings is 1. The number of aromatic amines is 2. The Morgan fingerprint density at radius 1 is 0.867 bits per heavy atom. The second-order valence-corrected chi connectivity index (χ2v) is 6.85. The average Bonchev–Trinajstić information content (AvgIpc) is 3.23. The molecule has 0 spiro atoms. The van der Waals surface area contributed by atoms with Gasteiger partial charge in [-0.15, -0.1) is 0 Å². The highest BCUT2D eigenvalue weighted by Gasteiger charge is 2.17. The quantitative estimate of drug-likeness (QED) is 0.479. The molecule has 5 rings (SSSR count). The van der Waals surface area contributed by atoms with Gasteiger partial charge in [-0.05, 0) is 60.7 Å². The summed E-state index contributed by atoms with van der Waals surface area (Å²) < 4.78 is 16.8. The van der Waals surface area contributed by atoms with Crippen LogP contribution in [-0.4, -0.2) is 19.2 Å². The summed E-state index contributed by atoms with van der Waals surface area (Å²) in [5.74, 6) is 2.36. The summed E-state index contributed by atoms with van der Waals surface area (Å²) in [6.07, 6.45) is 0. The second-order valence-electron chi connectivity index (χ2n) is 6.85. The number of ether oxygens (including phenoxy) is 2. The van der Waals surface area contributed by atoms with Crippen LogP contribution in [0.3, 0.4) is 0 Å². The maximum Gasteiger partial charge on any atom is 0.290 e. The predicted octanol–water partition coefficient (Wildman–Crippen LogP) is 4.64. The highest BCUT2D eigenvalue weighted by atomic mass is 16.5. The van der Waals surface area contributed by atoms with Crippen LogP contribution in [0.5, 0.6) is 11.5 Å². The van der Waals surface area contributed by atoms with Gasteiger partial charge in [0, 0.05) is 5.39 Å². The minimum Gasteiger partial charge on any atom is -0.497 e. The van der Waals surface area contributed by atoms with Crippen LogP contribution < -0.4 is 20.0 Å². The third kappa shape index (κ3) is 3.28. The lowest BCUT2D eigenvalue weighted by Crippen LogP contribution is -2.12. The first-order valence-electron chi connectivity index (χ1n) is 9.54. The van der Waals surface area contributed by atoms with Gasteiger partial charge in [-0.25, -0.2) is 15.0 Å². The minimum atomic E-state index is 0.501. The Morgan fingerprint density at radius 3 is 2.40 bits per heavy atom. The third-order valence-electron chi connectivity index (χ3n) is 4.97. The molecule has 2 heterocycles. The number of para-hydroxylation sites is 2. The Morgan fingerprint density at radius 2 is 1.63 bits per heavy atom. The van der Waals surface area contributed by atoms with E-state index in [2.05, 4.69) is 9.97 Å². The van der Waals surface area contributed by atoms with Crippen LogP contribution >= 0.6 is 0 Å². The number of rotatable bonds is 4. The summed E-state index contributed by atoms with van der Waals surface area (Å²) in [7, 11) is 3.29. The van der Waals surface area contributed by atoms with Gasteiger partial charge < -0.3 is 13.9 Å². The molecule has 0 bridgehead atoms. The molecule has 0 aliphatic rings. The minimum absolute atomic E-state index is 0.501. The van der Waals surface area contributed by atoms with E-state index in [9.17, 15) is 0 Å². The largest absolute Gasteiger partial charge is 0.497 e. The van der Waals surface area contributed by atoms with Crippen molar-refractivity contribution in [1.29, 1.82) is 0 Å². The smallest absolute Gasteiger partial charge is 0.290 e. The fraction of sp³-hybridized carbons (Fsp3) is 0.0833. The molecule has 5 aromatic rings. The monoisotopic (exact) mass is 398 g/mol. The van der Waals surface area contributed by atoms with Crippen molar-refractivity contribution in [1.82, 2.24) is 4.98 Å². The van der Waals surface area contributed by atoms with E-state index in [0.29, 0.717) is 5.55 Å². The molecule has 0 saturated heterocycles. The number of nitrogens with zero attached hydrogens (tertiary/aromatic N) is 1. The molecule has 0 atom stereocenters. The van der Waals surface area contributed by atoms with E-state index in [0.717, 1.165) is 50.6 Å². The second kappa shape index (κ2) is 7.40. The summed E-state index contributed by atoms with van der Waals surface area (Å²) in [5.41, 5.74) is 4.83. The van der Waals surface area contributed by atoms with Crippen LogP contribution in [0.4, 0.5) is 5.69 Å². The Balaban J connectivity index is 1.76. The topological polar surface area (TPSA) is 73.9 Å². The number of benzene rings is 3. The van der Waals surface area contributed by atoms with Crippen LogP contribution in [0.2, 0.25) is 0 Å². The molecule has 2 aromatic heterocycles. The van der Waals surface area contributed by atoms with Gasteiger partial charge in [-0.2, -0.15) is 0 Å². The molecule has 0 radical (unpaired) electrons. The molecule has 0 unspecified atom stereocenters. The van der Waals surface area contributed by atoms with Crippen LogP contribution in [0.15, 0.2) is 82.2 Å².